The van der Waals surface area contributed by atoms with Crippen molar-refractivity contribution in [2.45, 2.75) is 37.1 Å². The van der Waals surface area contributed by atoms with Crippen molar-refractivity contribution >= 4 is 5.91 Å². The lowest BCUT2D eigenvalue weighted by molar-refractivity contribution is -0.132. The number of nitrogens with two attached hydrogens (primary N) is 1. The number of carbonyl (C=O) groups excluding carboxylic acids is 1. The van der Waals surface area contributed by atoms with Crippen LogP contribution < -0.4 is 5.73 Å². The Morgan fingerprint density at radius 3 is 2.41 bits per heavy atom. The van der Waals surface area contributed by atoms with Gasteiger partial charge in [0, 0.05) is 25.6 Å². The van der Waals surface area contributed by atoms with Gasteiger partial charge in [-0.25, -0.2) is 4.39 Å². The molecule has 2 aromatic rings. The van der Waals surface area contributed by atoms with Crippen LogP contribution >= 0.6 is 0 Å². The van der Waals surface area contributed by atoms with Crippen LogP contribution in [0.3, 0.4) is 0 Å². The van der Waals surface area contributed by atoms with E-state index in [2.05, 4.69) is 6.07 Å². The third-order valence-electron chi connectivity index (χ3n) is 5.39. The van der Waals surface area contributed by atoms with Crippen LogP contribution in [0.2, 0.25) is 0 Å². The van der Waals surface area contributed by atoms with Crippen LogP contribution in [0.25, 0.3) is 0 Å². The van der Waals surface area contributed by atoms with Crippen molar-refractivity contribution in [2.75, 3.05) is 13.1 Å². The van der Waals surface area contributed by atoms with Gasteiger partial charge < -0.3 is 10.6 Å². The normalized spacial score (nSPS) is 17.1. The summed E-state index contributed by atoms with van der Waals surface area (Å²) < 4.78 is 13.7. The average molecular weight is 365 g/mol. The summed E-state index contributed by atoms with van der Waals surface area (Å²) in [4.78, 5) is 14.4. The topological polar surface area (TPSA) is 70.1 Å². The van der Waals surface area contributed by atoms with Crippen LogP contribution in [0.15, 0.2) is 54.6 Å². The monoisotopic (exact) mass is 365 g/mol. The molecule has 0 bridgehead atoms. The summed E-state index contributed by atoms with van der Waals surface area (Å²) in [5.41, 5.74) is 7.09. The molecule has 4 nitrogen and oxygen atoms in total. The molecule has 2 N–H and O–H groups in total. The van der Waals surface area contributed by atoms with Crippen molar-refractivity contribution in [3.63, 3.8) is 0 Å². The Bertz CT molecular complexity index is 823. The van der Waals surface area contributed by atoms with Crippen LogP contribution in [0, 0.1) is 17.1 Å². The number of likely N-dealkylation sites (tertiary alicyclic amines) is 1. The van der Waals surface area contributed by atoms with Gasteiger partial charge in [-0.2, -0.15) is 5.26 Å². The third-order valence-corrected chi connectivity index (χ3v) is 5.39. The molecule has 5 heteroatoms. The summed E-state index contributed by atoms with van der Waals surface area (Å²) in [7, 11) is 0. The molecule has 0 saturated carbocycles. The molecule has 0 aromatic heterocycles. The maximum absolute atomic E-state index is 13.7. The summed E-state index contributed by atoms with van der Waals surface area (Å²) in [6.07, 6.45) is 1.74. The highest BCUT2D eigenvalue weighted by Crippen LogP contribution is 2.35. The van der Waals surface area contributed by atoms with Crippen molar-refractivity contribution in [1.82, 2.24) is 4.90 Å². The van der Waals surface area contributed by atoms with Crippen molar-refractivity contribution in [2.24, 2.45) is 5.73 Å². The van der Waals surface area contributed by atoms with Gasteiger partial charge in [-0.3, -0.25) is 4.79 Å². The van der Waals surface area contributed by atoms with Crippen LogP contribution in [0.4, 0.5) is 4.39 Å². The second-order valence-electron chi connectivity index (χ2n) is 7.20. The van der Waals surface area contributed by atoms with Gasteiger partial charge in [0.2, 0.25) is 5.91 Å². The maximum atomic E-state index is 13.7. The SMILES string of the molecule is N#CC1(c2ccccc2)CCN(C(=O)C[C@H](N)Cc2ccccc2F)CC1. The molecule has 0 spiro atoms. The molecule has 3 rings (SSSR count). The van der Waals surface area contributed by atoms with Gasteiger partial charge in [0.25, 0.3) is 0 Å². The zero-order valence-corrected chi connectivity index (χ0v) is 15.3. The molecule has 0 unspecified atom stereocenters. The lowest BCUT2D eigenvalue weighted by atomic mass is 9.74. The zero-order chi connectivity index (χ0) is 19.3. The summed E-state index contributed by atoms with van der Waals surface area (Å²) in [6, 6.07) is 18.3. The first-order chi connectivity index (χ1) is 13.0. The van der Waals surface area contributed by atoms with Gasteiger partial charge >= 0.3 is 0 Å². The van der Waals surface area contributed by atoms with Gasteiger partial charge in [-0.05, 0) is 36.5 Å². The minimum atomic E-state index is -0.534. The van der Waals surface area contributed by atoms with E-state index in [0.717, 1.165) is 5.56 Å². The van der Waals surface area contributed by atoms with E-state index in [1.807, 2.05) is 30.3 Å². The van der Waals surface area contributed by atoms with Crippen LogP contribution in [-0.2, 0) is 16.6 Å². The standard InChI is InChI=1S/C22H24FN3O/c23-20-9-5-4-6-17(20)14-19(25)15-21(27)26-12-10-22(16-24,11-13-26)18-7-2-1-3-8-18/h1-9,19H,10-15,25H2/t19-/m1/s1. The molecule has 1 aliphatic rings. The maximum Gasteiger partial charge on any atom is 0.224 e. The summed E-state index contributed by atoms with van der Waals surface area (Å²) >= 11 is 0. The van der Waals surface area contributed by atoms with E-state index in [4.69, 9.17) is 5.73 Å². The molecule has 1 atom stereocenters. The smallest absolute Gasteiger partial charge is 0.224 e. The van der Waals surface area contributed by atoms with E-state index in [1.54, 1.807) is 23.1 Å². The summed E-state index contributed by atoms with van der Waals surface area (Å²) in [5.74, 6) is -0.321. The Hall–Kier alpha value is -2.71. The zero-order valence-electron chi connectivity index (χ0n) is 15.3. The Morgan fingerprint density at radius 2 is 1.78 bits per heavy atom. The number of hydrogen-bond acceptors (Lipinski definition) is 3. The second kappa shape index (κ2) is 8.32. The number of nitriles is 1. The molecule has 0 aliphatic carbocycles. The van der Waals surface area contributed by atoms with E-state index in [9.17, 15) is 14.4 Å². The lowest BCUT2D eigenvalue weighted by Crippen LogP contribution is -2.46. The predicted molar refractivity (Wildman–Crippen MR) is 102 cm³/mol. The predicted octanol–water partition coefficient (Wildman–Crippen LogP) is 3.17. The molecule has 1 aliphatic heterocycles. The number of hydrogen-bond donors (Lipinski definition) is 1. The summed E-state index contributed by atoms with van der Waals surface area (Å²) in [5, 5.41) is 9.75. The first-order valence-corrected chi connectivity index (χ1v) is 9.27. The van der Waals surface area contributed by atoms with E-state index < -0.39 is 11.5 Å². The molecular weight excluding hydrogens is 341 g/mol. The Kier molecular flexibility index (Phi) is 5.88. The van der Waals surface area contributed by atoms with Gasteiger partial charge in [-0.1, -0.05) is 48.5 Å². The molecule has 27 heavy (non-hydrogen) atoms. The first-order valence-electron chi connectivity index (χ1n) is 9.27. The van der Waals surface area contributed by atoms with E-state index in [0.29, 0.717) is 37.9 Å². The van der Waals surface area contributed by atoms with Crippen molar-refractivity contribution in [1.29, 1.82) is 5.26 Å². The lowest BCUT2D eigenvalue weighted by Gasteiger charge is -2.38. The van der Waals surface area contributed by atoms with Crippen molar-refractivity contribution in [3.05, 3.63) is 71.5 Å². The van der Waals surface area contributed by atoms with Crippen LogP contribution in [-0.4, -0.2) is 29.9 Å². The molecule has 0 radical (unpaired) electrons. The Labute approximate surface area is 159 Å². The van der Waals surface area contributed by atoms with E-state index in [1.165, 1.54) is 6.07 Å². The quantitative estimate of drug-likeness (QED) is 0.885. The third kappa shape index (κ3) is 4.35. The Balaban J connectivity index is 1.57. The van der Waals surface area contributed by atoms with Gasteiger partial charge in [-0.15, -0.1) is 0 Å². The fourth-order valence-electron chi connectivity index (χ4n) is 3.73. The molecule has 1 saturated heterocycles. The Morgan fingerprint density at radius 1 is 1.15 bits per heavy atom. The molecule has 2 aromatic carbocycles. The van der Waals surface area contributed by atoms with Crippen molar-refractivity contribution < 1.29 is 9.18 Å². The van der Waals surface area contributed by atoms with E-state index >= 15 is 0 Å². The largest absolute Gasteiger partial charge is 0.343 e. The first kappa shape index (κ1) is 19.1. The summed E-state index contributed by atoms with van der Waals surface area (Å²) in [6.45, 7) is 1.07. The van der Waals surface area contributed by atoms with Crippen molar-refractivity contribution in [3.8, 4) is 6.07 Å². The highest BCUT2D eigenvalue weighted by atomic mass is 19.1. The fourth-order valence-corrected chi connectivity index (χ4v) is 3.73. The highest BCUT2D eigenvalue weighted by Gasteiger charge is 2.37. The van der Waals surface area contributed by atoms with Gasteiger partial charge in [0.05, 0.1) is 11.5 Å². The fraction of sp³-hybridized carbons (Fsp3) is 0.364. The molecule has 1 heterocycles. The second-order valence-corrected chi connectivity index (χ2v) is 7.20. The van der Waals surface area contributed by atoms with E-state index in [-0.39, 0.29) is 18.1 Å². The minimum Gasteiger partial charge on any atom is -0.343 e. The molecule has 1 fully saturated rings. The van der Waals surface area contributed by atoms with Crippen LogP contribution in [0.5, 0.6) is 0 Å². The number of piperidine rings is 1. The van der Waals surface area contributed by atoms with Gasteiger partial charge in [0.15, 0.2) is 0 Å². The number of halogens is 1. The molecular formula is C22H24FN3O. The molecule has 1 amide bonds. The van der Waals surface area contributed by atoms with Gasteiger partial charge in [0.1, 0.15) is 5.82 Å². The van der Waals surface area contributed by atoms with Crippen LogP contribution in [0.1, 0.15) is 30.4 Å². The number of rotatable bonds is 5. The number of carbonyl (C=O) groups is 1. The number of nitrogens with zero attached hydrogens (tertiary/aromatic N) is 2. The number of amides is 1. The average Bonchev–Trinajstić information content (AvgIpc) is 2.70. The molecule has 140 valence electrons. The number of benzene rings is 2. The highest BCUT2D eigenvalue weighted by molar-refractivity contribution is 5.77. The minimum absolute atomic E-state index is 0.0292.